The first-order valence-electron chi connectivity index (χ1n) is 22.1. The zero-order chi connectivity index (χ0) is 42.7. The quantitative estimate of drug-likeness (QED) is 0.111. The van der Waals surface area contributed by atoms with E-state index in [1.165, 1.54) is 64.2 Å². The molecule has 1 N–H and O–H groups in total. The Morgan fingerprint density at radius 1 is 0.721 bits per heavy atom. The van der Waals surface area contributed by atoms with Gasteiger partial charge in [0.05, 0.1) is 11.0 Å². The highest BCUT2D eigenvalue weighted by molar-refractivity contribution is 6.11. The molecule has 2 heterocycles. The van der Waals surface area contributed by atoms with Gasteiger partial charge in [-0.05, 0) is 129 Å². The summed E-state index contributed by atoms with van der Waals surface area (Å²) in [6.07, 6.45) is 30.1. The molecule has 0 atom stereocenters. The van der Waals surface area contributed by atoms with Crippen LogP contribution in [0.1, 0.15) is 79.2 Å². The molecule has 0 aliphatic heterocycles. The Kier molecular flexibility index (Phi) is 14.0. The van der Waals surface area contributed by atoms with Crippen LogP contribution < -0.4 is 5.32 Å². The van der Waals surface area contributed by atoms with Gasteiger partial charge in [-0.1, -0.05) is 155 Å². The molecule has 1 aliphatic rings. The fourth-order valence-electron chi connectivity index (χ4n) is 8.27. The van der Waals surface area contributed by atoms with Crippen molar-refractivity contribution in [3.63, 3.8) is 0 Å². The molecule has 61 heavy (non-hydrogen) atoms. The predicted molar refractivity (Wildman–Crippen MR) is 268 cm³/mol. The molecular formula is C58H60N2O. The molecule has 1 fully saturated rings. The fourth-order valence-corrected chi connectivity index (χ4v) is 8.27. The van der Waals surface area contributed by atoms with Gasteiger partial charge in [0, 0.05) is 44.2 Å². The van der Waals surface area contributed by atoms with Crippen molar-refractivity contribution >= 4 is 55.0 Å². The minimum absolute atomic E-state index is 0.866. The number of hydrogen-bond acceptors (Lipinski definition) is 2. The number of benzene rings is 5. The highest BCUT2D eigenvalue weighted by Crippen LogP contribution is 2.39. The third kappa shape index (κ3) is 9.27. The van der Waals surface area contributed by atoms with E-state index in [0.29, 0.717) is 0 Å². The summed E-state index contributed by atoms with van der Waals surface area (Å²) >= 11 is 0. The number of nitrogens with one attached hydrogen (secondary N) is 1. The highest BCUT2D eigenvalue weighted by atomic mass is 16.3. The molecule has 0 spiro atoms. The molecule has 0 amide bonds. The van der Waals surface area contributed by atoms with E-state index >= 15 is 0 Å². The lowest BCUT2D eigenvalue weighted by atomic mass is 9.83. The van der Waals surface area contributed by atoms with E-state index in [2.05, 4.69) is 190 Å². The second kappa shape index (κ2) is 20.1. The normalized spacial score (nSPS) is 14.5. The van der Waals surface area contributed by atoms with Crippen molar-refractivity contribution in [2.24, 2.45) is 5.92 Å². The fraction of sp³-hybridized carbons (Fsp3) is 0.207. The predicted octanol–water partition coefficient (Wildman–Crippen LogP) is 17.4. The van der Waals surface area contributed by atoms with Gasteiger partial charge in [-0.2, -0.15) is 0 Å². The standard InChI is InChI=1S/C56H54N2O.C2H6/c1-6-10-23-41(8-3)49-36-43(29-32-52(49)57-45(9-4)35-42(39(5)7-2)24-14-12-11-13-20-40-21-19-22-40)44-30-33-54-50(37-44)47-25-15-17-27-53(47)58(54)46-31-34-56-51(38-46)48-26-16-18-28-55(48)59-56;1-2/h6-18,23,25-38,40,57H,1,19-22,24H2,2-5H3;1-2H3/b13-11-,14-12-,23-10-,39-7-,41-8+,42-35-,45-9+;. The van der Waals surface area contributed by atoms with Gasteiger partial charge in [0.25, 0.3) is 0 Å². The smallest absolute Gasteiger partial charge is 0.135 e. The van der Waals surface area contributed by atoms with Crippen molar-refractivity contribution in [1.82, 2.24) is 4.57 Å². The van der Waals surface area contributed by atoms with Gasteiger partial charge in [-0.3, -0.25) is 0 Å². The van der Waals surface area contributed by atoms with Crippen molar-refractivity contribution in [3.8, 4) is 16.8 Å². The van der Waals surface area contributed by atoms with Crippen molar-refractivity contribution in [1.29, 1.82) is 0 Å². The van der Waals surface area contributed by atoms with Crippen LogP contribution in [-0.4, -0.2) is 4.57 Å². The number of fused-ring (bicyclic) bond motifs is 6. The molecule has 8 rings (SSSR count). The summed E-state index contributed by atoms with van der Waals surface area (Å²) in [6, 6.07) is 37.2. The zero-order valence-electron chi connectivity index (χ0n) is 36.8. The summed E-state index contributed by atoms with van der Waals surface area (Å²) in [4.78, 5) is 0. The Bertz CT molecular complexity index is 2890. The van der Waals surface area contributed by atoms with Gasteiger partial charge >= 0.3 is 0 Å². The second-order valence-corrected chi connectivity index (χ2v) is 15.6. The highest BCUT2D eigenvalue weighted by Gasteiger charge is 2.17. The van der Waals surface area contributed by atoms with Gasteiger partial charge < -0.3 is 14.3 Å². The lowest BCUT2D eigenvalue weighted by Gasteiger charge is -2.23. The summed E-state index contributed by atoms with van der Waals surface area (Å²) in [5.41, 5.74) is 14.5. The number of allylic oxidation sites excluding steroid dienone is 14. The maximum Gasteiger partial charge on any atom is 0.135 e. The van der Waals surface area contributed by atoms with E-state index in [1.807, 2.05) is 38.1 Å². The van der Waals surface area contributed by atoms with Crippen molar-refractivity contribution in [2.75, 3.05) is 5.32 Å². The molecule has 0 saturated heterocycles. The minimum Gasteiger partial charge on any atom is -0.456 e. The van der Waals surface area contributed by atoms with Crippen LogP contribution in [0.2, 0.25) is 0 Å². The first-order valence-corrected chi connectivity index (χ1v) is 22.1. The van der Waals surface area contributed by atoms with Gasteiger partial charge in [0.2, 0.25) is 0 Å². The third-order valence-electron chi connectivity index (χ3n) is 12.0. The van der Waals surface area contributed by atoms with Gasteiger partial charge in [0.1, 0.15) is 11.2 Å². The summed E-state index contributed by atoms with van der Waals surface area (Å²) < 4.78 is 8.56. The van der Waals surface area contributed by atoms with E-state index < -0.39 is 0 Å². The molecule has 2 aromatic heterocycles. The first-order chi connectivity index (χ1) is 30.0. The lowest BCUT2D eigenvalue weighted by Crippen LogP contribution is -2.08. The van der Waals surface area contributed by atoms with E-state index in [-0.39, 0.29) is 0 Å². The largest absolute Gasteiger partial charge is 0.456 e. The van der Waals surface area contributed by atoms with Crippen molar-refractivity contribution < 1.29 is 4.42 Å². The Hall–Kier alpha value is -6.58. The van der Waals surface area contributed by atoms with Crippen LogP contribution in [0, 0.1) is 5.92 Å². The Morgan fingerprint density at radius 2 is 1.44 bits per heavy atom. The average Bonchev–Trinajstić information content (AvgIpc) is 3.83. The SMILES string of the molecule is C=C/C=C\C(=C/C)c1cc(-c2ccc3c(c2)c2ccccc2n3-c2ccc3oc4ccccc4c3c2)ccc1NC(/C=C(C/C=C\C=C/CC1CCC1)\C(C)=C/C)=C/C.CC. The Labute approximate surface area is 363 Å². The van der Waals surface area contributed by atoms with Crippen LogP contribution in [0.4, 0.5) is 5.69 Å². The van der Waals surface area contributed by atoms with E-state index in [0.717, 1.165) is 68.0 Å². The maximum atomic E-state index is 6.18. The van der Waals surface area contributed by atoms with E-state index in [4.69, 9.17) is 4.42 Å². The average molecular weight is 801 g/mol. The summed E-state index contributed by atoms with van der Waals surface area (Å²) in [6.45, 7) is 16.5. The molecule has 308 valence electrons. The number of rotatable bonds is 14. The zero-order valence-corrected chi connectivity index (χ0v) is 36.8. The molecular weight excluding hydrogens is 741 g/mol. The molecule has 0 unspecified atom stereocenters. The molecule has 1 aliphatic carbocycles. The number of para-hydroxylation sites is 2. The lowest BCUT2D eigenvalue weighted by molar-refractivity contribution is 0.319. The van der Waals surface area contributed by atoms with Gasteiger partial charge in [-0.15, -0.1) is 0 Å². The summed E-state index contributed by atoms with van der Waals surface area (Å²) in [5, 5.41) is 8.51. The molecule has 0 bridgehead atoms. The minimum atomic E-state index is 0.866. The number of hydrogen-bond donors (Lipinski definition) is 1. The number of aromatic nitrogens is 1. The van der Waals surface area contributed by atoms with E-state index in [1.54, 1.807) is 0 Å². The topological polar surface area (TPSA) is 30.1 Å². The third-order valence-corrected chi connectivity index (χ3v) is 12.0. The number of anilines is 1. The van der Waals surface area contributed by atoms with Crippen LogP contribution in [-0.2, 0) is 0 Å². The Balaban J connectivity index is 0.00000277. The van der Waals surface area contributed by atoms with Gasteiger partial charge in [-0.25, -0.2) is 0 Å². The molecule has 5 aromatic carbocycles. The van der Waals surface area contributed by atoms with Crippen LogP contribution in [0.5, 0.6) is 0 Å². The molecule has 0 radical (unpaired) electrons. The van der Waals surface area contributed by atoms with E-state index in [9.17, 15) is 0 Å². The molecule has 7 aromatic rings. The van der Waals surface area contributed by atoms with Crippen molar-refractivity contribution in [3.05, 3.63) is 199 Å². The monoisotopic (exact) mass is 800 g/mol. The van der Waals surface area contributed by atoms with Gasteiger partial charge in [0.15, 0.2) is 0 Å². The molecule has 3 heteroatoms. The first kappa shape index (κ1) is 42.5. The van der Waals surface area contributed by atoms with Crippen LogP contribution in [0.3, 0.4) is 0 Å². The molecule has 3 nitrogen and oxygen atoms in total. The maximum absolute atomic E-state index is 6.18. The number of nitrogens with zero attached hydrogens (tertiary/aromatic N) is 1. The van der Waals surface area contributed by atoms with Crippen LogP contribution in [0.25, 0.3) is 66.1 Å². The summed E-state index contributed by atoms with van der Waals surface area (Å²) in [5.74, 6) is 0.895. The number of furan rings is 1. The van der Waals surface area contributed by atoms with Crippen LogP contribution in [0.15, 0.2) is 198 Å². The van der Waals surface area contributed by atoms with Crippen LogP contribution >= 0.6 is 0 Å². The Morgan fingerprint density at radius 3 is 2.20 bits per heavy atom. The molecule has 1 saturated carbocycles. The second-order valence-electron chi connectivity index (χ2n) is 15.6. The summed E-state index contributed by atoms with van der Waals surface area (Å²) in [7, 11) is 0. The van der Waals surface area contributed by atoms with Crippen molar-refractivity contribution in [2.45, 2.75) is 73.6 Å².